The van der Waals surface area contributed by atoms with E-state index in [1.54, 1.807) is 17.0 Å². The van der Waals surface area contributed by atoms with Crippen LogP contribution in [-0.2, 0) is 0 Å². The number of nitro benzene ring substituents is 1. The molecule has 1 aromatic rings. The number of aryl methyl sites for hydroxylation is 1. The number of nitro groups is 1. The number of hydrogen-bond donors (Lipinski definition) is 1. The average Bonchev–Trinajstić information content (AvgIpc) is 2.38. The molecule has 7 heteroatoms. The first-order chi connectivity index (χ1) is 8.99. The molecule has 1 aliphatic heterocycles. The molecule has 0 spiro atoms. The van der Waals surface area contributed by atoms with Crippen LogP contribution in [0.1, 0.15) is 28.8 Å². The number of amides is 1. The van der Waals surface area contributed by atoms with Gasteiger partial charge in [0.15, 0.2) is 0 Å². The minimum Gasteiger partial charge on any atom is -0.338 e. The molecule has 1 aromatic carbocycles. The number of hydrogen-bond acceptors (Lipinski definition) is 4. The van der Waals surface area contributed by atoms with Gasteiger partial charge in [-0.1, -0.05) is 6.07 Å². The highest BCUT2D eigenvalue weighted by Crippen LogP contribution is 2.23. The van der Waals surface area contributed by atoms with Crippen LogP contribution in [0.2, 0.25) is 0 Å². The van der Waals surface area contributed by atoms with Gasteiger partial charge in [0.25, 0.3) is 11.6 Å². The second-order valence-corrected chi connectivity index (χ2v) is 4.91. The van der Waals surface area contributed by atoms with E-state index in [0.717, 1.165) is 18.4 Å². The molecule has 1 heterocycles. The summed E-state index contributed by atoms with van der Waals surface area (Å²) in [4.78, 5) is 24.5. The number of benzene rings is 1. The van der Waals surface area contributed by atoms with E-state index in [-0.39, 0.29) is 35.6 Å². The van der Waals surface area contributed by atoms with Crippen LogP contribution in [-0.4, -0.2) is 34.9 Å². The summed E-state index contributed by atoms with van der Waals surface area (Å²) < 4.78 is 0. The van der Waals surface area contributed by atoms with Gasteiger partial charge in [0.05, 0.1) is 4.92 Å². The molecule has 1 fully saturated rings. The molecule has 6 nitrogen and oxygen atoms in total. The summed E-state index contributed by atoms with van der Waals surface area (Å²) in [6.45, 7) is 2.93. The van der Waals surface area contributed by atoms with Gasteiger partial charge in [-0.2, -0.15) is 0 Å². The molecule has 1 saturated heterocycles. The van der Waals surface area contributed by atoms with Crippen molar-refractivity contribution in [3.8, 4) is 0 Å². The van der Waals surface area contributed by atoms with Crippen LogP contribution in [0.15, 0.2) is 18.2 Å². The van der Waals surface area contributed by atoms with E-state index in [0.29, 0.717) is 13.1 Å². The Balaban J connectivity index is 0.00000200. The molecule has 0 radical (unpaired) electrons. The maximum absolute atomic E-state index is 12.4. The second kappa shape index (κ2) is 6.67. The fourth-order valence-electron chi connectivity index (χ4n) is 2.25. The highest BCUT2D eigenvalue weighted by atomic mass is 35.5. The van der Waals surface area contributed by atoms with E-state index >= 15 is 0 Å². The number of nitrogens with zero attached hydrogens (tertiary/aromatic N) is 2. The van der Waals surface area contributed by atoms with E-state index in [9.17, 15) is 14.9 Å². The van der Waals surface area contributed by atoms with Crippen LogP contribution in [0.25, 0.3) is 0 Å². The van der Waals surface area contributed by atoms with Gasteiger partial charge < -0.3 is 10.6 Å². The van der Waals surface area contributed by atoms with E-state index in [4.69, 9.17) is 5.73 Å². The third kappa shape index (κ3) is 3.46. The molecule has 0 bridgehead atoms. The van der Waals surface area contributed by atoms with Crippen molar-refractivity contribution in [3.05, 3.63) is 39.4 Å². The van der Waals surface area contributed by atoms with Crippen LogP contribution >= 0.6 is 12.4 Å². The standard InChI is InChI=1S/C13H17N3O3.ClH/c1-9-2-3-12(16(18)19)11(8-9)13(17)15-6-4-10(14)5-7-15;/h2-3,8,10H,4-7,14H2,1H3;1H. The lowest BCUT2D eigenvalue weighted by Gasteiger charge is -2.30. The number of piperidine rings is 1. The summed E-state index contributed by atoms with van der Waals surface area (Å²) in [5, 5.41) is 11.0. The number of halogens is 1. The second-order valence-electron chi connectivity index (χ2n) is 4.91. The molecule has 0 saturated carbocycles. The molecule has 0 aliphatic carbocycles. The molecule has 1 aliphatic rings. The van der Waals surface area contributed by atoms with E-state index < -0.39 is 4.92 Å². The Morgan fingerprint density at radius 2 is 2.00 bits per heavy atom. The van der Waals surface area contributed by atoms with Crippen molar-refractivity contribution in [2.45, 2.75) is 25.8 Å². The van der Waals surface area contributed by atoms with Gasteiger partial charge in [-0.25, -0.2) is 0 Å². The minimum absolute atomic E-state index is 0. The monoisotopic (exact) mass is 299 g/mol. The first-order valence-corrected chi connectivity index (χ1v) is 6.29. The smallest absolute Gasteiger partial charge is 0.282 e. The number of carbonyl (C=O) groups excluding carboxylic acids is 1. The highest BCUT2D eigenvalue weighted by molar-refractivity contribution is 5.98. The third-order valence-electron chi connectivity index (χ3n) is 3.41. The van der Waals surface area contributed by atoms with E-state index in [2.05, 4.69) is 0 Å². The van der Waals surface area contributed by atoms with Crippen LogP contribution in [0, 0.1) is 17.0 Å². The fourth-order valence-corrected chi connectivity index (χ4v) is 2.25. The van der Waals surface area contributed by atoms with Crippen molar-refractivity contribution >= 4 is 24.0 Å². The molecule has 110 valence electrons. The number of nitrogens with two attached hydrogens (primary N) is 1. The van der Waals surface area contributed by atoms with Gasteiger partial charge in [-0.05, 0) is 31.4 Å². The van der Waals surface area contributed by atoms with Crippen LogP contribution in [0.5, 0.6) is 0 Å². The predicted octanol–water partition coefficient (Wildman–Crippen LogP) is 1.89. The summed E-state index contributed by atoms with van der Waals surface area (Å²) in [6, 6.07) is 4.73. The fraction of sp³-hybridized carbons (Fsp3) is 0.462. The molecule has 0 atom stereocenters. The van der Waals surface area contributed by atoms with Gasteiger partial charge >= 0.3 is 0 Å². The molecule has 20 heavy (non-hydrogen) atoms. The number of rotatable bonds is 2. The molecular weight excluding hydrogens is 282 g/mol. The van der Waals surface area contributed by atoms with Crippen molar-refractivity contribution in [2.24, 2.45) is 5.73 Å². The topological polar surface area (TPSA) is 89.5 Å². The van der Waals surface area contributed by atoms with Crippen molar-refractivity contribution in [1.29, 1.82) is 0 Å². The summed E-state index contributed by atoms with van der Waals surface area (Å²) in [5.74, 6) is -0.276. The minimum atomic E-state index is -0.512. The Morgan fingerprint density at radius 3 is 2.55 bits per heavy atom. The lowest BCUT2D eigenvalue weighted by atomic mass is 10.0. The molecule has 0 aromatic heterocycles. The Bertz CT molecular complexity index is 514. The SMILES string of the molecule is Cc1ccc([N+](=O)[O-])c(C(=O)N2CCC(N)CC2)c1.Cl. The zero-order valence-electron chi connectivity index (χ0n) is 11.2. The molecular formula is C13H18ClN3O3. The lowest BCUT2D eigenvalue weighted by Crippen LogP contribution is -2.43. The lowest BCUT2D eigenvalue weighted by molar-refractivity contribution is -0.385. The first kappa shape index (κ1) is 16.4. The van der Waals surface area contributed by atoms with Gasteiger partial charge in [0.1, 0.15) is 5.56 Å². The Morgan fingerprint density at radius 1 is 1.40 bits per heavy atom. The van der Waals surface area contributed by atoms with E-state index in [1.165, 1.54) is 6.07 Å². The summed E-state index contributed by atoms with van der Waals surface area (Å²) >= 11 is 0. The van der Waals surface area contributed by atoms with Crippen molar-refractivity contribution in [2.75, 3.05) is 13.1 Å². The van der Waals surface area contributed by atoms with Gasteiger partial charge in [0.2, 0.25) is 0 Å². The summed E-state index contributed by atoms with van der Waals surface area (Å²) in [5.41, 5.74) is 6.66. The van der Waals surface area contributed by atoms with Gasteiger partial charge in [-0.15, -0.1) is 12.4 Å². The Kier molecular flexibility index (Phi) is 5.47. The van der Waals surface area contributed by atoms with Crippen LogP contribution < -0.4 is 5.73 Å². The first-order valence-electron chi connectivity index (χ1n) is 6.29. The third-order valence-corrected chi connectivity index (χ3v) is 3.41. The van der Waals surface area contributed by atoms with Gasteiger partial charge in [0, 0.05) is 25.2 Å². The van der Waals surface area contributed by atoms with Crippen molar-refractivity contribution in [3.63, 3.8) is 0 Å². The molecule has 1 amide bonds. The largest absolute Gasteiger partial charge is 0.338 e. The van der Waals surface area contributed by atoms with Gasteiger partial charge in [-0.3, -0.25) is 14.9 Å². The van der Waals surface area contributed by atoms with Crippen molar-refractivity contribution in [1.82, 2.24) is 4.90 Å². The summed E-state index contributed by atoms with van der Waals surface area (Å²) in [6.07, 6.45) is 1.48. The van der Waals surface area contributed by atoms with E-state index in [1.807, 2.05) is 6.92 Å². The number of likely N-dealkylation sites (tertiary alicyclic amines) is 1. The molecule has 2 rings (SSSR count). The maximum atomic E-state index is 12.4. The Hall–Kier alpha value is -1.66. The Labute approximate surface area is 123 Å². The van der Waals surface area contributed by atoms with Crippen molar-refractivity contribution < 1.29 is 9.72 Å². The molecule has 0 unspecified atom stereocenters. The van der Waals surface area contributed by atoms with Crippen LogP contribution in [0.3, 0.4) is 0 Å². The molecule has 2 N–H and O–H groups in total. The number of carbonyl (C=O) groups is 1. The quantitative estimate of drug-likeness (QED) is 0.667. The zero-order valence-corrected chi connectivity index (χ0v) is 12.1. The summed E-state index contributed by atoms with van der Waals surface area (Å²) in [7, 11) is 0. The normalized spacial score (nSPS) is 15.6. The van der Waals surface area contributed by atoms with Crippen LogP contribution in [0.4, 0.5) is 5.69 Å². The predicted molar refractivity (Wildman–Crippen MR) is 78.2 cm³/mol. The average molecular weight is 300 g/mol. The highest BCUT2D eigenvalue weighted by Gasteiger charge is 2.27. The zero-order chi connectivity index (χ0) is 14.0. The maximum Gasteiger partial charge on any atom is 0.282 e.